The summed E-state index contributed by atoms with van der Waals surface area (Å²) in [5, 5.41) is 0. The van der Waals surface area contributed by atoms with Gasteiger partial charge in [-0.15, -0.1) is 0 Å². The summed E-state index contributed by atoms with van der Waals surface area (Å²) in [6.45, 7) is 9.42. The molecule has 0 saturated heterocycles. The number of nitrogens with two attached hydrogens (primary N) is 1. The first-order valence-electron chi connectivity index (χ1n) is 4.43. The number of carbonyl (C=O) groups excluding carboxylic acids is 1. The molecule has 0 heterocycles. The van der Waals surface area contributed by atoms with Crippen LogP contribution in [0.3, 0.4) is 0 Å². The number of hydrogen-bond acceptors (Lipinski definition) is 2. The van der Waals surface area contributed by atoms with Crippen LogP contribution in [0.5, 0.6) is 0 Å². The second-order valence-electron chi connectivity index (χ2n) is 2.06. The quantitative estimate of drug-likeness (QED) is 0.535. The molecule has 0 saturated carbocycles. The van der Waals surface area contributed by atoms with E-state index in [0.29, 0.717) is 12.1 Å². The molecule has 0 bridgehead atoms. The SMILES string of the molecule is C=C/C(CC=O)=C(N)\C=C/C.CC. The van der Waals surface area contributed by atoms with Crippen molar-refractivity contribution in [3.63, 3.8) is 0 Å². The molecule has 0 amide bonds. The average Bonchev–Trinajstić information content (AvgIpc) is 2.17. The van der Waals surface area contributed by atoms with Crippen LogP contribution in [0, 0.1) is 0 Å². The third-order valence-corrected chi connectivity index (χ3v) is 1.27. The van der Waals surface area contributed by atoms with E-state index in [4.69, 9.17) is 5.73 Å². The first-order chi connectivity index (χ1) is 6.26. The van der Waals surface area contributed by atoms with Gasteiger partial charge < -0.3 is 10.5 Å². The monoisotopic (exact) mass is 181 g/mol. The lowest BCUT2D eigenvalue weighted by atomic mass is 10.1. The highest BCUT2D eigenvalue weighted by Gasteiger charge is 1.93. The molecule has 0 atom stereocenters. The first-order valence-corrected chi connectivity index (χ1v) is 4.43. The Bertz CT molecular complexity index is 202. The van der Waals surface area contributed by atoms with Gasteiger partial charge in [0.05, 0.1) is 0 Å². The Hall–Kier alpha value is -1.31. The van der Waals surface area contributed by atoms with Gasteiger partial charge in [-0.2, -0.15) is 0 Å². The van der Waals surface area contributed by atoms with Gasteiger partial charge in [-0.05, 0) is 18.6 Å². The van der Waals surface area contributed by atoms with E-state index < -0.39 is 0 Å². The van der Waals surface area contributed by atoms with E-state index in [0.717, 1.165) is 11.9 Å². The minimum atomic E-state index is 0.333. The molecule has 2 N–H and O–H groups in total. The summed E-state index contributed by atoms with van der Waals surface area (Å²) >= 11 is 0. The Morgan fingerprint density at radius 3 is 2.31 bits per heavy atom. The van der Waals surface area contributed by atoms with Crippen LogP contribution in [-0.2, 0) is 4.79 Å². The van der Waals surface area contributed by atoms with Gasteiger partial charge in [0.2, 0.25) is 0 Å². The lowest BCUT2D eigenvalue weighted by molar-refractivity contribution is -0.107. The molecular formula is C11H19NO. The molecule has 2 heteroatoms. The fraction of sp³-hybridized carbons (Fsp3) is 0.364. The molecule has 0 rings (SSSR count). The Morgan fingerprint density at radius 1 is 1.46 bits per heavy atom. The zero-order valence-electron chi connectivity index (χ0n) is 8.71. The van der Waals surface area contributed by atoms with Crippen molar-refractivity contribution < 1.29 is 4.79 Å². The molecule has 2 nitrogen and oxygen atoms in total. The van der Waals surface area contributed by atoms with Crippen LogP contribution < -0.4 is 5.73 Å². The highest BCUT2D eigenvalue weighted by molar-refractivity contribution is 5.57. The molecule has 0 fully saturated rings. The molecule has 0 aromatic heterocycles. The largest absolute Gasteiger partial charge is 0.399 e. The van der Waals surface area contributed by atoms with Crippen molar-refractivity contribution in [2.75, 3.05) is 0 Å². The molecule has 0 radical (unpaired) electrons. The van der Waals surface area contributed by atoms with E-state index in [2.05, 4.69) is 6.58 Å². The van der Waals surface area contributed by atoms with E-state index >= 15 is 0 Å². The second kappa shape index (κ2) is 10.7. The maximum Gasteiger partial charge on any atom is 0.124 e. The topological polar surface area (TPSA) is 43.1 Å². The average molecular weight is 181 g/mol. The van der Waals surface area contributed by atoms with Crippen molar-refractivity contribution in [2.24, 2.45) is 5.73 Å². The van der Waals surface area contributed by atoms with Crippen LogP contribution in [0.1, 0.15) is 27.2 Å². The van der Waals surface area contributed by atoms with Gasteiger partial charge in [-0.25, -0.2) is 0 Å². The molecule has 74 valence electrons. The van der Waals surface area contributed by atoms with E-state index in [-0.39, 0.29) is 0 Å². The van der Waals surface area contributed by atoms with Crippen molar-refractivity contribution in [2.45, 2.75) is 27.2 Å². The summed E-state index contributed by atoms with van der Waals surface area (Å²) in [7, 11) is 0. The molecule has 0 aliphatic rings. The van der Waals surface area contributed by atoms with Gasteiger partial charge in [0.25, 0.3) is 0 Å². The highest BCUT2D eigenvalue weighted by Crippen LogP contribution is 2.04. The first kappa shape index (κ1) is 14.2. The fourth-order valence-corrected chi connectivity index (χ4v) is 0.695. The van der Waals surface area contributed by atoms with E-state index in [9.17, 15) is 4.79 Å². The number of allylic oxidation sites excluding steroid dienone is 4. The number of rotatable bonds is 4. The van der Waals surface area contributed by atoms with Gasteiger partial charge in [-0.3, -0.25) is 0 Å². The van der Waals surface area contributed by atoms with Crippen molar-refractivity contribution in [3.05, 3.63) is 36.1 Å². The lowest BCUT2D eigenvalue weighted by Gasteiger charge is -1.98. The summed E-state index contributed by atoms with van der Waals surface area (Å²) in [6.07, 6.45) is 6.32. The van der Waals surface area contributed by atoms with Crippen LogP contribution in [0.25, 0.3) is 0 Å². The van der Waals surface area contributed by atoms with Crippen molar-refractivity contribution in [1.82, 2.24) is 0 Å². The Kier molecular flexibility index (Phi) is 11.7. The van der Waals surface area contributed by atoms with Crippen LogP contribution >= 0.6 is 0 Å². The zero-order valence-corrected chi connectivity index (χ0v) is 8.71. The Labute approximate surface area is 80.8 Å². The van der Waals surface area contributed by atoms with Crippen molar-refractivity contribution >= 4 is 6.29 Å². The third kappa shape index (κ3) is 7.06. The predicted octanol–water partition coefficient (Wildman–Crippen LogP) is 2.58. The molecule has 0 aromatic rings. The summed E-state index contributed by atoms with van der Waals surface area (Å²) in [4.78, 5) is 10.1. The van der Waals surface area contributed by atoms with E-state index in [1.54, 1.807) is 12.2 Å². The summed E-state index contributed by atoms with van der Waals surface area (Å²) in [6, 6.07) is 0. The summed E-state index contributed by atoms with van der Waals surface area (Å²) < 4.78 is 0. The van der Waals surface area contributed by atoms with E-state index in [1.165, 1.54) is 0 Å². The highest BCUT2D eigenvalue weighted by atomic mass is 16.1. The third-order valence-electron chi connectivity index (χ3n) is 1.27. The molecule has 13 heavy (non-hydrogen) atoms. The maximum atomic E-state index is 10.1. The lowest BCUT2D eigenvalue weighted by Crippen LogP contribution is -1.98. The van der Waals surface area contributed by atoms with Gasteiger partial charge in [-0.1, -0.05) is 32.6 Å². The standard InChI is InChI=1S/C9H13NO.C2H6/c1-3-5-9(10)8(4-2)6-7-11;1-2/h3-5,7H,2,6,10H2,1H3;1-2H3/b5-3-,9-8-;. The molecular weight excluding hydrogens is 162 g/mol. The molecule has 0 unspecified atom stereocenters. The van der Waals surface area contributed by atoms with Crippen molar-refractivity contribution in [3.8, 4) is 0 Å². The zero-order chi connectivity index (χ0) is 10.7. The number of hydrogen-bond donors (Lipinski definition) is 1. The summed E-state index contributed by atoms with van der Waals surface area (Å²) in [5.74, 6) is 0. The van der Waals surface area contributed by atoms with Gasteiger partial charge in [0.15, 0.2) is 0 Å². The van der Waals surface area contributed by atoms with Crippen LogP contribution in [-0.4, -0.2) is 6.29 Å². The predicted molar refractivity (Wildman–Crippen MR) is 58.3 cm³/mol. The van der Waals surface area contributed by atoms with E-state index in [1.807, 2.05) is 26.8 Å². The fourth-order valence-electron chi connectivity index (χ4n) is 0.695. The second-order valence-corrected chi connectivity index (χ2v) is 2.06. The van der Waals surface area contributed by atoms with Crippen LogP contribution in [0.2, 0.25) is 0 Å². The molecule has 0 spiro atoms. The number of aldehydes is 1. The maximum absolute atomic E-state index is 10.1. The Balaban J connectivity index is 0. The molecule has 0 aliphatic heterocycles. The van der Waals surface area contributed by atoms with Gasteiger partial charge >= 0.3 is 0 Å². The molecule has 0 aliphatic carbocycles. The number of carbonyl (C=O) groups is 1. The minimum Gasteiger partial charge on any atom is -0.399 e. The van der Waals surface area contributed by atoms with Crippen molar-refractivity contribution in [1.29, 1.82) is 0 Å². The smallest absolute Gasteiger partial charge is 0.124 e. The minimum absolute atomic E-state index is 0.333. The van der Waals surface area contributed by atoms with Crippen LogP contribution in [0.15, 0.2) is 36.1 Å². The van der Waals surface area contributed by atoms with Gasteiger partial charge in [0, 0.05) is 12.1 Å². The Morgan fingerprint density at radius 2 is 2.00 bits per heavy atom. The normalized spacial score (nSPS) is 11.3. The van der Waals surface area contributed by atoms with Gasteiger partial charge in [0.1, 0.15) is 6.29 Å². The summed E-state index contributed by atoms with van der Waals surface area (Å²) in [5.41, 5.74) is 6.97. The molecule has 0 aromatic carbocycles. The van der Waals surface area contributed by atoms with Crippen LogP contribution in [0.4, 0.5) is 0 Å².